The van der Waals surface area contributed by atoms with E-state index < -0.39 is 11.5 Å². The van der Waals surface area contributed by atoms with E-state index in [-0.39, 0.29) is 11.9 Å². The summed E-state index contributed by atoms with van der Waals surface area (Å²) >= 11 is 0.376. The summed E-state index contributed by atoms with van der Waals surface area (Å²) in [6, 6.07) is 0.0402. The number of likely N-dealkylation sites (tertiary alicyclic amines) is 2. The molecule has 2 aliphatic heterocycles. The Kier molecular flexibility index (Phi) is 8.44. The van der Waals surface area contributed by atoms with Crippen LogP contribution in [0.2, 0.25) is 0 Å². The standard InChI is InChI=1S/C14H27N3O4S.C2H6/c1-10(2)15-7-5-11(6-8-15)16-9-14(3,4)12(13(16)18)17(19)22-21-20;1-2/h10-12,19-20H,5-9H2,1-4H3;1-2H3. The molecule has 0 spiro atoms. The van der Waals surface area contributed by atoms with Gasteiger partial charge in [-0.2, -0.15) is 0 Å². The minimum Gasteiger partial charge on any atom is -0.338 e. The molecule has 142 valence electrons. The zero-order chi connectivity index (χ0) is 18.5. The van der Waals surface area contributed by atoms with Gasteiger partial charge in [-0.05, 0) is 26.7 Å². The van der Waals surface area contributed by atoms with E-state index in [1.165, 1.54) is 0 Å². The molecule has 2 fully saturated rings. The first-order valence-corrected chi connectivity index (χ1v) is 9.48. The SMILES string of the molecule is CC.CC(C)N1CCC(N2CC(C)(C)C(N(O)SOO)C2=O)CC1. The molecule has 0 aromatic heterocycles. The van der Waals surface area contributed by atoms with Crippen molar-refractivity contribution in [2.24, 2.45) is 5.41 Å². The number of carbonyl (C=O) groups excluding carboxylic acids is 1. The summed E-state index contributed by atoms with van der Waals surface area (Å²) in [5.74, 6) is -0.0972. The number of amides is 1. The lowest BCUT2D eigenvalue weighted by atomic mass is 9.88. The monoisotopic (exact) mass is 363 g/mol. The van der Waals surface area contributed by atoms with Crippen molar-refractivity contribution in [3.63, 3.8) is 0 Å². The van der Waals surface area contributed by atoms with Gasteiger partial charge in [0, 0.05) is 37.1 Å². The Labute approximate surface area is 150 Å². The Bertz CT molecular complexity index is 401. The molecule has 2 heterocycles. The van der Waals surface area contributed by atoms with Gasteiger partial charge in [-0.15, -0.1) is 4.33 Å². The summed E-state index contributed by atoms with van der Waals surface area (Å²) in [6.45, 7) is 14.9. The second-order valence-corrected chi connectivity index (χ2v) is 7.84. The molecular formula is C16H33N3O4S. The Balaban J connectivity index is 0.00000139. The maximum Gasteiger partial charge on any atom is 0.244 e. The molecule has 0 aromatic carbocycles. The van der Waals surface area contributed by atoms with Crippen molar-refractivity contribution < 1.29 is 19.6 Å². The van der Waals surface area contributed by atoms with Gasteiger partial charge < -0.3 is 15.0 Å². The van der Waals surface area contributed by atoms with Crippen molar-refractivity contribution >= 4 is 18.1 Å². The molecule has 7 nitrogen and oxygen atoms in total. The van der Waals surface area contributed by atoms with Crippen molar-refractivity contribution in [2.45, 2.75) is 72.5 Å². The van der Waals surface area contributed by atoms with Gasteiger partial charge >= 0.3 is 0 Å². The first kappa shape index (κ1) is 21.7. The number of hydroxylamine groups is 1. The van der Waals surface area contributed by atoms with Crippen LogP contribution >= 0.6 is 12.2 Å². The molecule has 2 saturated heterocycles. The van der Waals surface area contributed by atoms with Crippen LogP contribution in [-0.4, -0.2) is 68.4 Å². The molecule has 1 amide bonds. The van der Waals surface area contributed by atoms with E-state index in [2.05, 4.69) is 23.1 Å². The van der Waals surface area contributed by atoms with Crippen LogP contribution in [0, 0.1) is 5.41 Å². The van der Waals surface area contributed by atoms with Gasteiger partial charge in [0.25, 0.3) is 0 Å². The summed E-state index contributed by atoms with van der Waals surface area (Å²) in [4.78, 5) is 17.0. The summed E-state index contributed by atoms with van der Waals surface area (Å²) in [5.41, 5.74) is -0.410. The molecule has 8 heteroatoms. The van der Waals surface area contributed by atoms with E-state index in [9.17, 15) is 10.0 Å². The quantitative estimate of drug-likeness (QED) is 0.337. The molecule has 0 aromatic rings. The van der Waals surface area contributed by atoms with Gasteiger partial charge in [-0.3, -0.25) is 4.79 Å². The molecular weight excluding hydrogens is 330 g/mol. The predicted molar refractivity (Wildman–Crippen MR) is 95.3 cm³/mol. The van der Waals surface area contributed by atoms with Gasteiger partial charge in [0.05, 0.1) is 0 Å². The summed E-state index contributed by atoms with van der Waals surface area (Å²) in [5, 5.41) is 18.4. The highest BCUT2D eigenvalue weighted by Crippen LogP contribution is 2.38. The van der Waals surface area contributed by atoms with Gasteiger partial charge in [0.2, 0.25) is 5.91 Å². The van der Waals surface area contributed by atoms with Crippen LogP contribution in [0.15, 0.2) is 0 Å². The van der Waals surface area contributed by atoms with Crippen LogP contribution in [0.25, 0.3) is 0 Å². The fraction of sp³-hybridized carbons (Fsp3) is 0.938. The topological polar surface area (TPSA) is 76.5 Å². The molecule has 0 saturated carbocycles. The number of nitrogens with zero attached hydrogens (tertiary/aromatic N) is 3. The van der Waals surface area contributed by atoms with Gasteiger partial charge in [0.1, 0.15) is 18.3 Å². The Morgan fingerprint density at radius 2 is 1.83 bits per heavy atom. The van der Waals surface area contributed by atoms with Crippen LogP contribution in [0.1, 0.15) is 54.4 Å². The molecule has 2 aliphatic rings. The van der Waals surface area contributed by atoms with Crippen molar-refractivity contribution in [1.82, 2.24) is 14.3 Å². The van der Waals surface area contributed by atoms with Gasteiger partial charge in [-0.1, -0.05) is 32.2 Å². The maximum absolute atomic E-state index is 12.7. The molecule has 1 unspecified atom stereocenters. The predicted octanol–water partition coefficient (Wildman–Crippen LogP) is 2.87. The highest BCUT2D eigenvalue weighted by molar-refractivity contribution is 7.92. The first-order chi connectivity index (χ1) is 11.3. The number of carbonyl (C=O) groups is 1. The molecule has 0 radical (unpaired) electrons. The number of piperidine rings is 1. The highest BCUT2D eigenvalue weighted by atomic mass is 32.2. The smallest absolute Gasteiger partial charge is 0.244 e. The lowest BCUT2D eigenvalue weighted by molar-refractivity contribution is -0.154. The lowest BCUT2D eigenvalue weighted by Gasteiger charge is -2.38. The molecule has 2 N–H and O–H groups in total. The van der Waals surface area contributed by atoms with Crippen LogP contribution < -0.4 is 0 Å². The third kappa shape index (κ3) is 4.83. The second kappa shape index (κ2) is 9.35. The molecule has 1 atom stereocenters. The summed E-state index contributed by atoms with van der Waals surface area (Å²) < 4.78 is 4.61. The average molecular weight is 364 g/mol. The van der Waals surface area contributed by atoms with Gasteiger partial charge in [0.15, 0.2) is 0 Å². The molecule has 0 bridgehead atoms. The van der Waals surface area contributed by atoms with Crippen LogP contribution in [0.4, 0.5) is 0 Å². The van der Waals surface area contributed by atoms with Crippen LogP contribution in [0.3, 0.4) is 0 Å². The second-order valence-electron chi connectivity index (χ2n) is 7.17. The minimum absolute atomic E-state index is 0.0972. The van der Waals surface area contributed by atoms with E-state index in [0.717, 1.165) is 25.9 Å². The third-order valence-corrected chi connectivity index (χ3v) is 5.27. The van der Waals surface area contributed by atoms with Gasteiger partial charge in [-0.25, -0.2) is 5.26 Å². The summed E-state index contributed by atoms with van der Waals surface area (Å²) in [6.07, 6.45) is 1.92. The Morgan fingerprint density at radius 1 is 1.29 bits per heavy atom. The van der Waals surface area contributed by atoms with E-state index in [0.29, 0.717) is 29.3 Å². The fourth-order valence-electron chi connectivity index (χ4n) is 3.59. The van der Waals surface area contributed by atoms with E-state index in [1.54, 1.807) is 0 Å². The fourth-order valence-corrected chi connectivity index (χ4v) is 4.12. The zero-order valence-corrected chi connectivity index (χ0v) is 16.5. The van der Waals surface area contributed by atoms with E-state index in [4.69, 9.17) is 5.26 Å². The average Bonchev–Trinajstić information content (AvgIpc) is 2.79. The van der Waals surface area contributed by atoms with Crippen molar-refractivity contribution in [3.8, 4) is 0 Å². The van der Waals surface area contributed by atoms with Crippen LogP contribution in [-0.2, 0) is 9.13 Å². The number of hydrogen-bond donors (Lipinski definition) is 2. The number of rotatable bonds is 5. The lowest BCUT2D eigenvalue weighted by Crippen LogP contribution is -2.49. The number of hydrogen-bond acceptors (Lipinski definition) is 7. The normalized spacial score (nSPS) is 25.3. The first-order valence-electron chi connectivity index (χ1n) is 8.78. The van der Waals surface area contributed by atoms with Crippen molar-refractivity contribution in [2.75, 3.05) is 19.6 Å². The minimum atomic E-state index is -0.715. The third-order valence-electron chi connectivity index (χ3n) is 4.84. The zero-order valence-electron chi connectivity index (χ0n) is 15.7. The molecule has 24 heavy (non-hydrogen) atoms. The van der Waals surface area contributed by atoms with Crippen LogP contribution in [0.5, 0.6) is 0 Å². The molecule has 0 aliphatic carbocycles. The largest absolute Gasteiger partial charge is 0.338 e. The van der Waals surface area contributed by atoms with E-state index >= 15 is 0 Å². The van der Waals surface area contributed by atoms with E-state index in [1.807, 2.05) is 32.6 Å². The van der Waals surface area contributed by atoms with Crippen molar-refractivity contribution in [1.29, 1.82) is 0 Å². The summed E-state index contributed by atoms with van der Waals surface area (Å²) in [7, 11) is 0. The maximum atomic E-state index is 12.7. The van der Waals surface area contributed by atoms with Crippen molar-refractivity contribution in [3.05, 3.63) is 0 Å². The Hall–Kier alpha value is -0.380. The Morgan fingerprint density at radius 3 is 2.29 bits per heavy atom. The highest BCUT2D eigenvalue weighted by Gasteiger charge is 2.52. The molecule has 2 rings (SSSR count).